The van der Waals surface area contributed by atoms with Crippen molar-refractivity contribution in [2.75, 3.05) is 5.32 Å². The van der Waals surface area contributed by atoms with Crippen molar-refractivity contribution in [2.24, 2.45) is 0 Å². The van der Waals surface area contributed by atoms with E-state index in [1.807, 2.05) is 60.7 Å². The summed E-state index contributed by atoms with van der Waals surface area (Å²) in [6.07, 6.45) is 2.35. The van der Waals surface area contributed by atoms with E-state index >= 15 is 0 Å². The fourth-order valence-electron chi connectivity index (χ4n) is 6.08. The molecule has 5 aromatic rings. The molecule has 1 saturated heterocycles. The molecule has 42 heavy (non-hydrogen) atoms. The Hall–Kier alpha value is -5.51. The number of fused-ring (bicyclic) bond motifs is 2. The maximum absolute atomic E-state index is 13.4. The first-order valence-corrected chi connectivity index (χ1v) is 13.6. The molecule has 4 amide bonds. The lowest BCUT2D eigenvalue weighted by molar-refractivity contribution is -0.126. The average Bonchev–Trinajstić information content (AvgIpc) is 3.59. The minimum absolute atomic E-state index is 0.192. The van der Waals surface area contributed by atoms with Crippen molar-refractivity contribution in [2.45, 2.75) is 31.5 Å². The van der Waals surface area contributed by atoms with Crippen molar-refractivity contribution in [3.63, 3.8) is 0 Å². The molecule has 3 aromatic carbocycles. The van der Waals surface area contributed by atoms with Gasteiger partial charge in [0.05, 0.1) is 11.0 Å². The Labute approximate surface area is 240 Å². The van der Waals surface area contributed by atoms with Crippen LogP contribution in [0.1, 0.15) is 16.7 Å². The molecule has 7 rings (SSSR count). The number of imide groups is 1. The third-order valence-corrected chi connectivity index (χ3v) is 8.06. The molecule has 2 aromatic heterocycles. The molecule has 1 aliphatic heterocycles. The third-order valence-electron chi connectivity index (χ3n) is 8.06. The molecule has 2 aliphatic rings. The summed E-state index contributed by atoms with van der Waals surface area (Å²) in [6.45, 7) is 0.124. The summed E-state index contributed by atoms with van der Waals surface area (Å²) in [7, 11) is 0. The number of urea groups is 1. The van der Waals surface area contributed by atoms with Crippen molar-refractivity contribution in [3.8, 4) is 5.82 Å². The number of aromatic nitrogens is 3. The van der Waals surface area contributed by atoms with Gasteiger partial charge in [0.15, 0.2) is 0 Å². The summed E-state index contributed by atoms with van der Waals surface area (Å²) in [6, 6.07) is 27.3. The first-order chi connectivity index (χ1) is 20.4. The maximum Gasteiger partial charge on any atom is 0.335 e. The number of carbonyl (C=O) groups is 3. The number of benzene rings is 3. The predicted molar refractivity (Wildman–Crippen MR) is 156 cm³/mol. The normalized spacial score (nSPS) is 17.6. The standard InChI is InChI=1S/C32H26N6O4/c39-28(20-36-25-10-4-5-11-26(25)38(31(36)42)27-12-6-7-15-33-27)34-24-14-13-22-17-32(18-23(22)16-24)29(40)35-30(41)37(32)19-21-8-2-1-3-9-21/h1-16H,17-20H2,(H,34,39)(H,35,40,41). The first-order valence-electron chi connectivity index (χ1n) is 13.6. The van der Waals surface area contributed by atoms with Crippen LogP contribution in [0.15, 0.2) is 102 Å². The van der Waals surface area contributed by atoms with Crippen LogP contribution >= 0.6 is 0 Å². The molecule has 1 unspecified atom stereocenters. The minimum Gasteiger partial charge on any atom is -0.325 e. The van der Waals surface area contributed by atoms with E-state index in [-0.39, 0.29) is 24.0 Å². The third kappa shape index (κ3) is 4.15. The number of amides is 4. The molecule has 0 bridgehead atoms. The molecular formula is C32H26N6O4. The van der Waals surface area contributed by atoms with Crippen LogP contribution in [-0.2, 0) is 35.5 Å². The van der Waals surface area contributed by atoms with Gasteiger partial charge in [0.2, 0.25) is 5.91 Å². The fraction of sp³-hybridized carbons (Fsp3) is 0.156. The molecule has 2 N–H and O–H groups in total. The van der Waals surface area contributed by atoms with E-state index in [4.69, 9.17) is 0 Å². The van der Waals surface area contributed by atoms with Crippen molar-refractivity contribution >= 4 is 34.6 Å². The van der Waals surface area contributed by atoms with Crippen LogP contribution in [-0.4, -0.2) is 42.4 Å². The molecule has 1 spiro atoms. The van der Waals surface area contributed by atoms with E-state index < -0.39 is 11.6 Å². The number of hydrogen-bond acceptors (Lipinski definition) is 5. The SMILES string of the molecule is O=C(Cn1c(=O)n(-c2ccccn2)c2ccccc21)Nc1ccc2c(c1)CC1(C2)C(=O)NC(=O)N1Cc1ccccc1. The molecule has 1 fully saturated rings. The number of nitrogens with zero attached hydrogens (tertiary/aromatic N) is 4. The van der Waals surface area contributed by atoms with E-state index in [2.05, 4.69) is 15.6 Å². The van der Waals surface area contributed by atoms with Crippen LogP contribution in [0.3, 0.4) is 0 Å². The summed E-state index contributed by atoms with van der Waals surface area (Å²) < 4.78 is 2.92. The van der Waals surface area contributed by atoms with Gasteiger partial charge in [-0.3, -0.25) is 19.5 Å². The number of hydrogen-bond donors (Lipinski definition) is 2. The van der Waals surface area contributed by atoms with E-state index in [1.165, 1.54) is 9.13 Å². The predicted octanol–water partition coefficient (Wildman–Crippen LogP) is 3.42. The van der Waals surface area contributed by atoms with Gasteiger partial charge in [0.25, 0.3) is 5.91 Å². The van der Waals surface area contributed by atoms with Gasteiger partial charge in [-0.25, -0.2) is 19.1 Å². The highest BCUT2D eigenvalue weighted by Gasteiger charge is 2.55. The van der Waals surface area contributed by atoms with Gasteiger partial charge in [0, 0.05) is 31.3 Å². The summed E-state index contributed by atoms with van der Waals surface area (Å²) in [5, 5.41) is 5.41. The highest BCUT2D eigenvalue weighted by atomic mass is 16.2. The van der Waals surface area contributed by atoms with Crippen LogP contribution in [0.2, 0.25) is 0 Å². The van der Waals surface area contributed by atoms with Crippen LogP contribution in [0.25, 0.3) is 16.9 Å². The number of carbonyl (C=O) groups excluding carboxylic acids is 3. The molecule has 208 valence electrons. The highest BCUT2D eigenvalue weighted by molar-refractivity contribution is 6.08. The monoisotopic (exact) mass is 558 g/mol. The molecule has 10 heteroatoms. The quantitative estimate of drug-likeness (QED) is 0.310. The van der Waals surface area contributed by atoms with Gasteiger partial charge in [-0.2, -0.15) is 0 Å². The number of pyridine rings is 1. The van der Waals surface area contributed by atoms with Crippen LogP contribution in [0.4, 0.5) is 10.5 Å². The Morgan fingerprint density at radius 3 is 2.38 bits per heavy atom. The topological polar surface area (TPSA) is 118 Å². The zero-order chi connectivity index (χ0) is 28.8. The van der Waals surface area contributed by atoms with E-state index in [0.717, 1.165) is 16.7 Å². The summed E-state index contributed by atoms with van der Waals surface area (Å²) in [5.41, 5.74) is 3.22. The van der Waals surface area contributed by atoms with E-state index in [1.54, 1.807) is 41.4 Å². The summed E-state index contributed by atoms with van der Waals surface area (Å²) in [5.74, 6) is -0.205. The van der Waals surface area contributed by atoms with Crippen molar-refractivity contribution in [3.05, 3.63) is 124 Å². The average molecular weight is 559 g/mol. The number of para-hydroxylation sites is 2. The van der Waals surface area contributed by atoms with Gasteiger partial charge >= 0.3 is 11.7 Å². The fourth-order valence-corrected chi connectivity index (χ4v) is 6.08. The lowest BCUT2D eigenvalue weighted by Crippen LogP contribution is -2.50. The van der Waals surface area contributed by atoms with E-state index in [0.29, 0.717) is 41.9 Å². The lowest BCUT2D eigenvalue weighted by atomic mass is 9.93. The van der Waals surface area contributed by atoms with Gasteiger partial charge in [-0.15, -0.1) is 0 Å². The molecule has 0 radical (unpaired) electrons. The largest absolute Gasteiger partial charge is 0.335 e. The smallest absolute Gasteiger partial charge is 0.325 e. The maximum atomic E-state index is 13.4. The van der Waals surface area contributed by atoms with Gasteiger partial charge in [-0.05, 0) is 53.1 Å². The first kappa shape index (κ1) is 25.5. The zero-order valence-electron chi connectivity index (χ0n) is 22.5. The highest BCUT2D eigenvalue weighted by Crippen LogP contribution is 2.39. The minimum atomic E-state index is -1.02. The van der Waals surface area contributed by atoms with Gasteiger partial charge in [0.1, 0.15) is 17.9 Å². The molecule has 1 atom stereocenters. The number of anilines is 1. The Morgan fingerprint density at radius 1 is 0.857 bits per heavy atom. The Morgan fingerprint density at radius 2 is 1.60 bits per heavy atom. The van der Waals surface area contributed by atoms with Crippen LogP contribution < -0.4 is 16.3 Å². The molecule has 3 heterocycles. The Balaban J connectivity index is 1.13. The van der Waals surface area contributed by atoms with Crippen molar-refractivity contribution in [1.82, 2.24) is 24.3 Å². The summed E-state index contributed by atoms with van der Waals surface area (Å²) >= 11 is 0. The zero-order valence-corrected chi connectivity index (χ0v) is 22.5. The number of rotatable bonds is 6. The Kier molecular flexibility index (Phi) is 5.97. The molecule has 0 saturated carbocycles. The van der Waals surface area contributed by atoms with Crippen molar-refractivity contribution in [1.29, 1.82) is 0 Å². The molecular weight excluding hydrogens is 532 g/mol. The summed E-state index contributed by atoms with van der Waals surface area (Å²) in [4.78, 5) is 58.5. The van der Waals surface area contributed by atoms with E-state index in [9.17, 15) is 19.2 Å². The van der Waals surface area contributed by atoms with Gasteiger partial charge in [-0.1, -0.05) is 54.6 Å². The number of nitrogens with one attached hydrogen (secondary N) is 2. The van der Waals surface area contributed by atoms with Crippen LogP contribution in [0.5, 0.6) is 0 Å². The molecule has 10 nitrogen and oxygen atoms in total. The second-order valence-electron chi connectivity index (χ2n) is 10.6. The second-order valence-corrected chi connectivity index (χ2v) is 10.6. The van der Waals surface area contributed by atoms with Crippen molar-refractivity contribution < 1.29 is 14.4 Å². The van der Waals surface area contributed by atoms with Gasteiger partial charge < -0.3 is 10.2 Å². The molecule has 1 aliphatic carbocycles. The second kappa shape index (κ2) is 9.84. The van der Waals surface area contributed by atoms with Crippen LogP contribution in [0, 0.1) is 0 Å². The Bertz CT molecular complexity index is 1930. The lowest BCUT2D eigenvalue weighted by Gasteiger charge is -2.31. The number of imidazole rings is 1.